The van der Waals surface area contributed by atoms with Gasteiger partial charge in [0.1, 0.15) is 17.8 Å². The summed E-state index contributed by atoms with van der Waals surface area (Å²) in [6.45, 7) is 2.26. The minimum atomic E-state index is -4.87. The Morgan fingerprint density at radius 3 is 1.95 bits per heavy atom. The van der Waals surface area contributed by atoms with Crippen LogP contribution in [-0.4, -0.2) is 44.5 Å². The molecule has 3 atom stereocenters. The zero-order valence-corrected chi connectivity index (χ0v) is 23.8. The second kappa shape index (κ2) is 12.9. The first-order chi connectivity index (χ1) is 19.5. The number of carbonyl (C=O) groups excluding carboxylic acids is 1. The number of halogens is 4. The van der Waals surface area contributed by atoms with Crippen LogP contribution in [0.5, 0.6) is 0 Å². The maximum atomic E-state index is 14.7. The van der Waals surface area contributed by atoms with Crippen LogP contribution in [0.3, 0.4) is 0 Å². The van der Waals surface area contributed by atoms with Crippen LogP contribution in [0.2, 0.25) is 0 Å². The van der Waals surface area contributed by atoms with Gasteiger partial charge in [0, 0.05) is 31.2 Å². The van der Waals surface area contributed by atoms with E-state index in [-0.39, 0.29) is 16.9 Å². The van der Waals surface area contributed by atoms with Crippen LogP contribution in [0.15, 0.2) is 78.0 Å². The molecule has 0 saturated heterocycles. The molecule has 0 unspecified atom stereocenters. The largest absolute Gasteiger partial charge is 0.619 e. The molecule has 0 aliphatic carbocycles. The number of amides is 1. The van der Waals surface area contributed by atoms with Crippen LogP contribution in [-0.2, 0) is 21.1 Å². The van der Waals surface area contributed by atoms with Crippen molar-refractivity contribution in [1.82, 2.24) is 10.6 Å². The van der Waals surface area contributed by atoms with E-state index in [1.54, 1.807) is 0 Å². The van der Waals surface area contributed by atoms with E-state index in [0.29, 0.717) is 21.4 Å². The van der Waals surface area contributed by atoms with Gasteiger partial charge < -0.3 is 10.5 Å². The average molecular weight is 607 g/mol. The highest BCUT2D eigenvalue weighted by atomic mass is 32.2. The Hall–Kier alpha value is -4.02. The number of pyridine rings is 1. The van der Waals surface area contributed by atoms with Gasteiger partial charge in [0.15, 0.2) is 22.2 Å². The number of hydrogen-bond donors (Lipinski definition) is 2. The molecule has 0 spiro atoms. The number of hydrogen-bond acceptors (Lipinski definition) is 6. The minimum Gasteiger partial charge on any atom is -0.619 e. The van der Waals surface area contributed by atoms with Gasteiger partial charge in [-0.3, -0.25) is 10.1 Å². The maximum Gasteiger partial charge on any atom is 0.407 e. The number of nitrogens with one attached hydrogen (secondary N) is 2. The van der Waals surface area contributed by atoms with Crippen molar-refractivity contribution >= 4 is 15.7 Å². The summed E-state index contributed by atoms with van der Waals surface area (Å²) < 4.78 is 81.4. The highest BCUT2D eigenvalue weighted by molar-refractivity contribution is 7.90. The van der Waals surface area contributed by atoms with Gasteiger partial charge in [-0.25, -0.2) is 12.8 Å². The first-order valence-corrected chi connectivity index (χ1v) is 14.7. The van der Waals surface area contributed by atoms with E-state index in [1.807, 2.05) is 6.07 Å². The van der Waals surface area contributed by atoms with E-state index in [9.17, 15) is 41.2 Å². The predicted molar refractivity (Wildman–Crippen MR) is 147 cm³/mol. The van der Waals surface area contributed by atoms with Gasteiger partial charge in [0.2, 0.25) is 5.91 Å². The first kappa shape index (κ1) is 32.5. The molecule has 2 aromatic carbocycles. The molecular formula is C29H30F4N4O4S. The second-order valence-corrected chi connectivity index (χ2v) is 12.5. The lowest BCUT2D eigenvalue weighted by molar-refractivity contribution is -0.605. The molecule has 8 nitrogen and oxygen atoms in total. The van der Waals surface area contributed by atoms with Gasteiger partial charge in [-0.05, 0) is 48.2 Å². The third-order valence-corrected chi connectivity index (χ3v) is 7.47. The molecule has 0 radical (unpaired) electrons. The molecule has 42 heavy (non-hydrogen) atoms. The molecule has 3 rings (SSSR count). The molecule has 224 valence electrons. The molecule has 0 aliphatic heterocycles. The second-order valence-electron chi connectivity index (χ2n) is 10.5. The number of benzene rings is 2. The number of aromatic nitrogens is 1. The Labute approximate surface area is 241 Å². The molecule has 1 amide bonds. The monoisotopic (exact) mass is 606 g/mol. The summed E-state index contributed by atoms with van der Waals surface area (Å²) in [7, 11) is -3.42. The molecule has 0 bridgehead atoms. The number of nitriles is 1. The first-order valence-electron chi connectivity index (χ1n) is 12.8. The van der Waals surface area contributed by atoms with E-state index < -0.39 is 52.1 Å². The number of sulfone groups is 1. The zero-order chi connectivity index (χ0) is 31.3. The van der Waals surface area contributed by atoms with Crippen molar-refractivity contribution in [2.75, 3.05) is 6.26 Å². The van der Waals surface area contributed by atoms with Crippen LogP contribution in [0.25, 0.3) is 11.1 Å². The summed E-state index contributed by atoms with van der Waals surface area (Å²) in [5.41, 5.74) is -0.632. The number of carbonyl (C=O) groups is 1. The Balaban J connectivity index is 1.84. The fraction of sp³-hybridized carbons (Fsp3) is 0.345. The molecule has 1 heterocycles. The molecule has 13 heteroatoms. The van der Waals surface area contributed by atoms with Crippen molar-refractivity contribution in [3.63, 3.8) is 0 Å². The summed E-state index contributed by atoms with van der Waals surface area (Å²) in [6, 6.07) is 10.7. The number of nitrogens with zero attached hydrogens (tertiary/aromatic N) is 2. The fourth-order valence-electron chi connectivity index (χ4n) is 4.27. The van der Waals surface area contributed by atoms with Crippen molar-refractivity contribution in [3.8, 4) is 17.2 Å². The summed E-state index contributed by atoms with van der Waals surface area (Å²) >= 11 is 0. The van der Waals surface area contributed by atoms with Gasteiger partial charge in [0.05, 0.1) is 17.0 Å². The van der Waals surface area contributed by atoms with E-state index in [2.05, 4.69) is 10.6 Å². The number of alkyl halides is 4. The minimum absolute atomic E-state index is 0.0237. The van der Waals surface area contributed by atoms with Crippen LogP contribution in [0.4, 0.5) is 17.6 Å². The normalized spacial score (nSPS) is 14.4. The van der Waals surface area contributed by atoms with Gasteiger partial charge in [-0.2, -0.15) is 23.2 Å². The highest BCUT2D eigenvalue weighted by Gasteiger charge is 2.44. The molecule has 0 aliphatic rings. The summed E-state index contributed by atoms with van der Waals surface area (Å²) in [6.07, 6.45) is -2.05. The van der Waals surface area contributed by atoms with Gasteiger partial charge in [-0.15, -0.1) is 0 Å². The summed E-state index contributed by atoms with van der Waals surface area (Å²) in [5, 5.41) is 25.4. The highest BCUT2D eigenvalue weighted by Crippen LogP contribution is 2.35. The van der Waals surface area contributed by atoms with E-state index in [4.69, 9.17) is 0 Å². The summed E-state index contributed by atoms with van der Waals surface area (Å²) in [5.74, 6) is -0.987. The van der Waals surface area contributed by atoms with E-state index in [1.165, 1.54) is 73.1 Å². The smallest absolute Gasteiger partial charge is 0.407 e. The van der Waals surface area contributed by atoms with Gasteiger partial charge >= 0.3 is 6.18 Å². The Morgan fingerprint density at radius 1 is 0.976 bits per heavy atom. The topological polar surface area (TPSA) is 126 Å². The van der Waals surface area contributed by atoms with Crippen LogP contribution in [0, 0.1) is 16.5 Å². The molecule has 0 fully saturated rings. The maximum absolute atomic E-state index is 14.7. The Morgan fingerprint density at radius 2 is 1.50 bits per heavy atom. The molecule has 3 aromatic rings. The zero-order valence-electron chi connectivity index (χ0n) is 23.0. The van der Waals surface area contributed by atoms with Crippen LogP contribution < -0.4 is 15.4 Å². The van der Waals surface area contributed by atoms with Crippen molar-refractivity contribution in [2.24, 2.45) is 0 Å². The SMILES string of the molecule is CC(C)(F)C[C@H](N[C@@H](c1ccc(-c2ccc(S(C)(=O)=O)cc2)cc1)C(F)(F)F)C(=O)N[C@H](C#N)Cc1cc[n+]([O-])cc1. The fourth-order valence-corrected chi connectivity index (χ4v) is 4.90. The van der Waals surface area contributed by atoms with Crippen molar-refractivity contribution in [3.05, 3.63) is 89.4 Å². The Kier molecular flexibility index (Phi) is 9.96. The van der Waals surface area contributed by atoms with Crippen molar-refractivity contribution in [2.45, 2.75) is 61.6 Å². The average Bonchev–Trinajstić information content (AvgIpc) is 2.90. The third-order valence-electron chi connectivity index (χ3n) is 6.34. The van der Waals surface area contributed by atoms with Crippen LogP contribution in [0.1, 0.15) is 37.4 Å². The van der Waals surface area contributed by atoms with Gasteiger partial charge in [-0.1, -0.05) is 36.4 Å². The van der Waals surface area contributed by atoms with Crippen molar-refractivity contribution < 1.29 is 35.5 Å². The molecule has 1 aromatic heterocycles. The van der Waals surface area contributed by atoms with Crippen LogP contribution >= 0.6 is 0 Å². The summed E-state index contributed by atoms with van der Waals surface area (Å²) in [4.78, 5) is 13.2. The predicted octanol–water partition coefficient (Wildman–Crippen LogP) is 4.34. The lowest BCUT2D eigenvalue weighted by Gasteiger charge is -2.30. The lowest BCUT2D eigenvalue weighted by Crippen LogP contribution is -2.53. The molecule has 0 saturated carbocycles. The Bertz CT molecular complexity index is 1510. The number of rotatable bonds is 11. The molecular weight excluding hydrogens is 576 g/mol. The molecule has 2 N–H and O–H groups in total. The van der Waals surface area contributed by atoms with E-state index in [0.717, 1.165) is 20.1 Å². The van der Waals surface area contributed by atoms with Crippen molar-refractivity contribution in [1.29, 1.82) is 5.26 Å². The third kappa shape index (κ3) is 9.25. The lowest BCUT2D eigenvalue weighted by atomic mass is 9.96. The van der Waals surface area contributed by atoms with E-state index >= 15 is 0 Å². The van der Waals surface area contributed by atoms with Gasteiger partial charge in [0.25, 0.3) is 0 Å². The standard InChI is InChI=1S/C29H30F4N4O4S/c1-28(2,30)17-25(27(38)35-23(18-34)16-19-12-14-37(39)15-13-19)36-26(29(31,32)33)22-6-4-20(5-7-22)21-8-10-24(11-9-21)42(3,40)41/h4-15,23,25-26,36H,16-17H2,1-3H3,(H,35,38)/t23-,25-,26-/m0/s1. The quantitative estimate of drug-likeness (QED) is 0.190.